The van der Waals surface area contributed by atoms with Crippen molar-refractivity contribution >= 4 is 35.4 Å². The Labute approximate surface area is 157 Å². The third-order valence-electron chi connectivity index (χ3n) is 5.35. The van der Waals surface area contributed by atoms with E-state index in [1.165, 1.54) is 11.3 Å². The monoisotopic (exact) mass is 376 g/mol. The summed E-state index contributed by atoms with van der Waals surface area (Å²) in [6, 6.07) is 11.0. The van der Waals surface area contributed by atoms with Gasteiger partial charge in [0.05, 0.1) is 10.4 Å². The van der Waals surface area contributed by atoms with Crippen molar-refractivity contribution < 1.29 is 9.59 Å². The first-order chi connectivity index (χ1) is 11.6. The first-order valence-electron chi connectivity index (χ1n) is 8.37. The number of likely N-dealkylation sites (tertiary alicyclic amines) is 1. The molecule has 1 saturated heterocycles. The predicted molar refractivity (Wildman–Crippen MR) is 102 cm³/mol. The van der Waals surface area contributed by atoms with Crippen LogP contribution >= 0.6 is 23.7 Å². The fraction of sp³-hybridized carbons (Fsp3) is 0.368. The molecule has 1 aromatic heterocycles. The van der Waals surface area contributed by atoms with E-state index in [1.54, 1.807) is 18.2 Å². The number of hydrogen-bond acceptors (Lipinski definition) is 4. The van der Waals surface area contributed by atoms with Gasteiger partial charge in [-0.3, -0.25) is 9.59 Å². The van der Waals surface area contributed by atoms with E-state index in [9.17, 15) is 9.59 Å². The van der Waals surface area contributed by atoms with Crippen LogP contribution < -0.4 is 5.73 Å². The Hall–Kier alpha value is -1.69. The molecule has 1 saturated carbocycles. The summed E-state index contributed by atoms with van der Waals surface area (Å²) in [5, 5.41) is 1.88. The van der Waals surface area contributed by atoms with Gasteiger partial charge in [0.15, 0.2) is 0 Å². The molecule has 4 rings (SSSR count). The van der Waals surface area contributed by atoms with Gasteiger partial charge in [0.25, 0.3) is 5.91 Å². The highest BCUT2D eigenvalue weighted by atomic mass is 35.5. The number of thiophene rings is 1. The molecule has 2 N–H and O–H groups in total. The van der Waals surface area contributed by atoms with Crippen molar-refractivity contribution in [2.75, 3.05) is 13.1 Å². The zero-order valence-corrected chi connectivity index (χ0v) is 15.4. The highest BCUT2D eigenvalue weighted by molar-refractivity contribution is 7.12. The van der Waals surface area contributed by atoms with Crippen molar-refractivity contribution in [2.45, 2.75) is 18.9 Å². The highest BCUT2D eigenvalue weighted by Gasteiger charge is 2.42. The Morgan fingerprint density at radius 3 is 2.48 bits per heavy atom. The van der Waals surface area contributed by atoms with Crippen LogP contribution in [0.2, 0.25) is 0 Å². The zero-order valence-electron chi connectivity index (χ0n) is 13.8. The van der Waals surface area contributed by atoms with Gasteiger partial charge in [0.2, 0.25) is 5.78 Å². The molecule has 2 fully saturated rings. The Morgan fingerprint density at radius 2 is 1.80 bits per heavy atom. The Kier molecular flexibility index (Phi) is 5.27. The number of fused-ring (bicyclic) bond motifs is 1. The van der Waals surface area contributed by atoms with Crippen LogP contribution in [0.25, 0.3) is 0 Å². The van der Waals surface area contributed by atoms with Gasteiger partial charge in [-0.15, -0.1) is 23.7 Å². The van der Waals surface area contributed by atoms with Crippen LogP contribution in [-0.4, -0.2) is 35.7 Å². The maximum atomic E-state index is 13.0. The van der Waals surface area contributed by atoms with Crippen molar-refractivity contribution in [1.29, 1.82) is 0 Å². The van der Waals surface area contributed by atoms with Crippen LogP contribution in [-0.2, 0) is 0 Å². The second-order valence-corrected chi connectivity index (χ2v) is 7.67. The molecule has 3 unspecified atom stereocenters. The molecule has 132 valence electrons. The minimum atomic E-state index is -0.0787. The predicted octanol–water partition coefficient (Wildman–Crippen LogP) is 3.21. The summed E-state index contributed by atoms with van der Waals surface area (Å²) in [6.45, 7) is 1.48. The second kappa shape index (κ2) is 7.28. The number of hydrogen-bond donors (Lipinski definition) is 1. The maximum Gasteiger partial charge on any atom is 0.254 e. The Bertz CT molecular complexity index is 777. The largest absolute Gasteiger partial charge is 0.338 e. The molecule has 4 nitrogen and oxygen atoms in total. The molecular formula is C19H21ClN2O2S. The number of carbonyl (C=O) groups is 2. The molecule has 6 heteroatoms. The Balaban J connectivity index is 0.00000182. The third-order valence-corrected chi connectivity index (χ3v) is 6.22. The number of rotatable bonds is 3. The van der Waals surface area contributed by atoms with Crippen LogP contribution in [0.3, 0.4) is 0 Å². The van der Waals surface area contributed by atoms with E-state index in [0.717, 1.165) is 19.4 Å². The summed E-state index contributed by atoms with van der Waals surface area (Å²) in [7, 11) is 0. The SMILES string of the molecule is Cl.NC1CCC2CN(C(=O)c3ccccc3C(=O)c3cccs3)CC12. The number of carbonyl (C=O) groups excluding carboxylic acids is 2. The van der Waals surface area contributed by atoms with Crippen LogP contribution in [0, 0.1) is 11.8 Å². The number of benzene rings is 1. The van der Waals surface area contributed by atoms with E-state index in [1.807, 2.05) is 28.5 Å². The van der Waals surface area contributed by atoms with E-state index in [0.29, 0.717) is 34.4 Å². The average molecular weight is 377 g/mol. The quantitative estimate of drug-likeness (QED) is 0.836. The molecule has 2 heterocycles. The number of amides is 1. The first-order valence-corrected chi connectivity index (χ1v) is 9.25. The number of nitrogens with zero attached hydrogens (tertiary/aromatic N) is 1. The van der Waals surface area contributed by atoms with E-state index in [2.05, 4.69) is 0 Å². The lowest BCUT2D eigenvalue weighted by Gasteiger charge is -2.20. The molecule has 0 spiro atoms. The van der Waals surface area contributed by atoms with Gasteiger partial charge in [0.1, 0.15) is 0 Å². The fourth-order valence-electron chi connectivity index (χ4n) is 4.05. The van der Waals surface area contributed by atoms with Crippen molar-refractivity contribution in [2.24, 2.45) is 17.6 Å². The lowest BCUT2D eigenvalue weighted by Crippen LogP contribution is -2.34. The molecule has 2 aliphatic rings. The van der Waals surface area contributed by atoms with Gasteiger partial charge >= 0.3 is 0 Å². The van der Waals surface area contributed by atoms with E-state index < -0.39 is 0 Å². The van der Waals surface area contributed by atoms with Crippen molar-refractivity contribution in [1.82, 2.24) is 4.90 Å². The lowest BCUT2D eigenvalue weighted by atomic mass is 9.98. The van der Waals surface area contributed by atoms with E-state index >= 15 is 0 Å². The smallest absolute Gasteiger partial charge is 0.254 e. The average Bonchev–Trinajstić information content (AvgIpc) is 3.32. The third kappa shape index (κ3) is 3.24. The molecule has 2 aromatic rings. The lowest BCUT2D eigenvalue weighted by molar-refractivity contribution is 0.0775. The zero-order chi connectivity index (χ0) is 16.7. The summed E-state index contributed by atoms with van der Waals surface area (Å²) in [5.41, 5.74) is 7.17. The Morgan fingerprint density at radius 1 is 1.04 bits per heavy atom. The molecule has 1 aliphatic heterocycles. The van der Waals surface area contributed by atoms with Gasteiger partial charge in [0, 0.05) is 24.7 Å². The normalized spacial score (nSPS) is 24.7. The van der Waals surface area contributed by atoms with Gasteiger partial charge < -0.3 is 10.6 Å². The molecule has 3 atom stereocenters. The summed E-state index contributed by atoms with van der Waals surface area (Å²) >= 11 is 1.40. The minimum absolute atomic E-state index is 0. The van der Waals surface area contributed by atoms with E-state index in [-0.39, 0.29) is 30.1 Å². The topological polar surface area (TPSA) is 63.4 Å². The van der Waals surface area contributed by atoms with Gasteiger partial charge in [-0.2, -0.15) is 0 Å². The molecule has 25 heavy (non-hydrogen) atoms. The van der Waals surface area contributed by atoms with Crippen molar-refractivity contribution in [3.05, 3.63) is 57.8 Å². The number of nitrogens with two attached hydrogens (primary N) is 1. The van der Waals surface area contributed by atoms with Crippen LogP contribution in [0.4, 0.5) is 0 Å². The second-order valence-electron chi connectivity index (χ2n) is 6.73. The molecular weight excluding hydrogens is 356 g/mol. The maximum absolute atomic E-state index is 13.0. The van der Waals surface area contributed by atoms with Gasteiger partial charge in [-0.1, -0.05) is 24.3 Å². The fourth-order valence-corrected chi connectivity index (χ4v) is 4.73. The first kappa shape index (κ1) is 18.1. The van der Waals surface area contributed by atoms with Gasteiger partial charge in [-0.25, -0.2) is 0 Å². The summed E-state index contributed by atoms with van der Waals surface area (Å²) in [5.74, 6) is 0.806. The number of halogens is 1. The van der Waals surface area contributed by atoms with E-state index in [4.69, 9.17) is 5.73 Å². The highest BCUT2D eigenvalue weighted by Crippen LogP contribution is 2.37. The van der Waals surface area contributed by atoms with Crippen LogP contribution in [0.15, 0.2) is 41.8 Å². The standard InChI is InChI=1S/C19H20N2O2S.ClH/c20-16-8-7-12-10-21(11-15(12)16)19(23)14-5-2-1-4-13(14)18(22)17-6-3-9-24-17;/h1-6,9,12,15-16H,7-8,10-11,20H2;1H. The summed E-state index contributed by atoms with van der Waals surface area (Å²) in [6.07, 6.45) is 2.16. The molecule has 1 aromatic carbocycles. The molecule has 1 amide bonds. The summed E-state index contributed by atoms with van der Waals surface area (Å²) < 4.78 is 0. The van der Waals surface area contributed by atoms with Crippen LogP contribution in [0.5, 0.6) is 0 Å². The number of ketones is 1. The summed E-state index contributed by atoms with van der Waals surface area (Å²) in [4.78, 5) is 28.3. The minimum Gasteiger partial charge on any atom is -0.338 e. The van der Waals surface area contributed by atoms with Crippen LogP contribution in [0.1, 0.15) is 38.4 Å². The van der Waals surface area contributed by atoms with Crippen molar-refractivity contribution in [3.8, 4) is 0 Å². The molecule has 1 aliphatic carbocycles. The molecule has 0 radical (unpaired) electrons. The van der Waals surface area contributed by atoms with Gasteiger partial charge in [-0.05, 0) is 42.2 Å². The molecule has 0 bridgehead atoms. The van der Waals surface area contributed by atoms with Crippen molar-refractivity contribution in [3.63, 3.8) is 0 Å².